The summed E-state index contributed by atoms with van der Waals surface area (Å²) in [7, 11) is 3.45. The van der Waals surface area contributed by atoms with Crippen molar-refractivity contribution in [2.45, 2.75) is 18.7 Å². The number of fused-ring (bicyclic) bond motifs is 1. The number of amides is 1. The molecule has 1 aromatic carbocycles. The fraction of sp³-hybridized carbons (Fsp3) is 0.429. The molecule has 1 N–H and O–H groups in total. The molecule has 0 bridgehead atoms. The molecule has 1 amide bonds. The lowest BCUT2D eigenvalue weighted by Crippen LogP contribution is -2.26. The van der Waals surface area contributed by atoms with Crippen LogP contribution < -0.4 is 11.0 Å². The predicted octanol–water partition coefficient (Wildman–Crippen LogP) is 2.23. The van der Waals surface area contributed by atoms with Gasteiger partial charge in [-0.15, -0.1) is 0 Å². The number of rotatable bonds is 3. The largest absolute Gasteiger partial charge is 0.328 e. The standard InChI is InChI=1S/C14H18BrN3O2/c1-8(2)12(15)13(19)16-9-5-6-10-11(7-9)18(4)14(20)17(10)3/h5-8,12H,1-4H3,(H,16,19)/t12-/m0/s1. The minimum atomic E-state index is -0.238. The number of anilines is 1. The van der Waals surface area contributed by atoms with Crippen molar-refractivity contribution in [3.63, 3.8) is 0 Å². The topological polar surface area (TPSA) is 56.0 Å². The average molecular weight is 340 g/mol. The Kier molecular flexibility index (Phi) is 4.04. The second-order valence-electron chi connectivity index (χ2n) is 5.24. The molecule has 6 heteroatoms. The quantitative estimate of drug-likeness (QED) is 0.872. The molecule has 0 saturated heterocycles. The second-order valence-corrected chi connectivity index (χ2v) is 6.23. The van der Waals surface area contributed by atoms with E-state index in [9.17, 15) is 9.59 Å². The van der Waals surface area contributed by atoms with Crippen LogP contribution in [0.2, 0.25) is 0 Å². The monoisotopic (exact) mass is 339 g/mol. The average Bonchev–Trinajstić information content (AvgIpc) is 2.62. The molecular weight excluding hydrogens is 322 g/mol. The van der Waals surface area contributed by atoms with E-state index in [0.29, 0.717) is 5.69 Å². The highest BCUT2D eigenvalue weighted by atomic mass is 79.9. The Balaban J connectivity index is 2.36. The maximum absolute atomic E-state index is 12.0. The van der Waals surface area contributed by atoms with E-state index in [2.05, 4.69) is 21.2 Å². The zero-order valence-corrected chi connectivity index (χ0v) is 13.6. The van der Waals surface area contributed by atoms with Gasteiger partial charge >= 0.3 is 5.69 Å². The molecule has 5 nitrogen and oxygen atoms in total. The van der Waals surface area contributed by atoms with Crippen LogP contribution in [0.3, 0.4) is 0 Å². The van der Waals surface area contributed by atoms with Crippen LogP contribution in [-0.2, 0) is 18.9 Å². The van der Waals surface area contributed by atoms with Crippen LogP contribution in [0, 0.1) is 5.92 Å². The van der Waals surface area contributed by atoms with Crippen molar-refractivity contribution in [2.75, 3.05) is 5.32 Å². The SMILES string of the molecule is CC(C)[C@H](Br)C(=O)Nc1ccc2c(c1)n(C)c(=O)n2C. The third kappa shape index (κ3) is 2.52. The lowest BCUT2D eigenvalue weighted by Gasteiger charge is -2.13. The number of aryl methyl sites for hydroxylation is 2. The molecule has 2 aromatic rings. The van der Waals surface area contributed by atoms with E-state index < -0.39 is 0 Å². The van der Waals surface area contributed by atoms with Gasteiger partial charge in [0.05, 0.1) is 15.9 Å². The zero-order valence-electron chi connectivity index (χ0n) is 12.0. The summed E-state index contributed by atoms with van der Waals surface area (Å²) < 4.78 is 3.15. The minimum absolute atomic E-state index is 0.0796. The summed E-state index contributed by atoms with van der Waals surface area (Å²) >= 11 is 3.37. The number of carbonyl (C=O) groups is 1. The van der Waals surface area contributed by atoms with Gasteiger partial charge < -0.3 is 5.32 Å². The Morgan fingerprint density at radius 1 is 1.20 bits per heavy atom. The summed E-state index contributed by atoms with van der Waals surface area (Å²) in [4.78, 5) is 23.6. The van der Waals surface area contributed by atoms with E-state index in [1.165, 1.54) is 0 Å². The smallest absolute Gasteiger partial charge is 0.325 e. The van der Waals surface area contributed by atoms with Crippen molar-refractivity contribution in [3.8, 4) is 0 Å². The summed E-state index contributed by atoms with van der Waals surface area (Å²) in [6.07, 6.45) is 0. The third-order valence-electron chi connectivity index (χ3n) is 3.38. The summed E-state index contributed by atoms with van der Waals surface area (Å²) in [6.45, 7) is 3.95. The summed E-state index contributed by atoms with van der Waals surface area (Å²) in [5, 5.41) is 2.86. The number of alkyl halides is 1. The van der Waals surface area contributed by atoms with Gasteiger partial charge in [0, 0.05) is 19.8 Å². The van der Waals surface area contributed by atoms with E-state index in [-0.39, 0.29) is 22.3 Å². The summed E-state index contributed by atoms with van der Waals surface area (Å²) in [6, 6.07) is 5.46. The van der Waals surface area contributed by atoms with E-state index >= 15 is 0 Å². The number of hydrogen-bond acceptors (Lipinski definition) is 2. The molecule has 1 aromatic heterocycles. The molecule has 20 heavy (non-hydrogen) atoms. The Morgan fingerprint density at radius 2 is 1.80 bits per heavy atom. The maximum Gasteiger partial charge on any atom is 0.328 e. The number of nitrogens with zero attached hydrogens (tertiary/aromatic N) is 2. The maximum atomic E-state index is 12.0. The Labute approximate surface area is 125 Å². The number of benzene rings is 1. The van der Waals surface area contributed by atoms with E-state index in [1.54, 1.807) is 29.3 Å². The third-order valence-corrected chi connectivity index (χ3v) is 4.85. The van der Waals surface area contributed by atoms with Gasteiger partial charge in [-0.1, -0.05) is 29.8 Å². The van der Waals surface area contributed by atoms with Gasteiger partial charge in [-0.05, 0) is 24.1 Å². The molecule has 1 atom stereocenters. The minimum Gasteiger partial charge on any atom is -0.325 e. The highest BCUT2D eigenvalue weighted by molar-refractivity contribution is 9.10. The van der Waals surface area contributed by atoms with E-state index in [1.807, 2.05) is 26.0 Å². The van der Waals surface area contributed by atoms with Crippen LogP contribution >= 0.6 is 15.9 Å². The second kappa shape index (κ2) is 5.44. The van der Waals surface area contributed by atoms with Gasteiger partial charge in [-0.25, -0.2) is 4.79 Å². The Bertz CT molecular complexity index is 715. The van der Waals surface area contributed by atoms with Crippen LogP contribution in [0.15, 0.2) is 23.0 Å². The Morgan fingerprint density at radius 3 is 2.40 bits per heavy atom. The van der Waals surface area contributed by atoms with E-state index in [4.69, 9.17) is 0 Å². The zero-order chi connectivity index (χ0) is 15.0. The number of carbonyl (C=O) groups excluding carboxylic acids is 1. The molecule has 0 radical (unpaired) electrons. The molecule has 0 fully saturated rings. The number of nitrogens with one attached hydrogen (secondary N) is 1. The molecule has 0 aliphatic rings. The van der Waals surface area contributed by atoms with Gasteiger partial charge in [0.15, 0.2) is 0 Å². The summed E-state index contributed by atoms with van der Waals surface area (Å²) in [5.74, 6) is 0.125. The highest BCUT2D eigenvalue weighted by Crippen LogP contribution is 2.20. The fourth-order valence-electron chi connectivity index (χ4n) is 2.10. The van der Waals surface area contributed by atoms with Gasteiger partial charge in [-0.3, -0.25) is 13.9 Å². The molecule has 0 unspecified atom stereocenters. The van der Waals surface area contributed by atoms with Crippen LogP contribution in [0.4, 0.5) is 5.69 Å². The lowest BCUT2D eigenvalue weighted by molar-refractivity contribution is -0.116. The van der Waals surface area contributed by atoms with Crippen molar-refractivity contribution in [2.24, 2.45) is 20.0 Å². The van der Waals surface area contributed by atoms with Crippen molar-refractivity contribution in [1.29, 1.82) is 0 Å². The first-order chi connectivity index (χ1) is 9.32. The summed E-state index contributed by atoms with van der Waals surface area (Å²) in [5.41, 5.74) is 2.25. The van der Waals surface area contributed by atoms with Crippen molar-refractivity contribution < 1.29 is 4.79 Å². The number of aromatic nitrogens is 2. The van der Waals surface area contributed by atoms with Crippen molar-refractivity contribution in [3.05, 3.63) is 28.7 Å². The Hall–Kier alpha value is -1.56. The first kappa shape index (κ1) is 14.8. The van der Waals surface area contributed by atoms with Gasteiger partial charge in [0.25, 0.3) is 0 Å². The van der Waals surface area contributed by atoms with E-state index in [0.717, 1.165) is 11.0 Å². The van der Waals surface area contributed by atoms with Crippen LogP contribution in [0.5, 0.6) is 0 Å². The molecular formula is C14H18BrN3O2. The molecule has 0 saturated carbocycles. The fourth-order valence-corrected chi connectivity index (χ4v) is 2.21. The van der Waals surface area contributed by atoms with Crippen LogP contribution in [0.1, 0.15) is 13.8 Å². The van der Waals surface area contributed by atoms with Crippen LogP contribution in [0.25, 0.3) is 11.0 Å². The van der Waals surface area contributed by atoms with Crippen molar-refractivity contribution in [1.82, 2.24) is 9.13 Å². The van der Waals surface area contributed by atoms with Crippen molar-refractivity contribution >= 4 is 38.6 Å². The number of imidazole rings is 1. The lowest BCUT2D eigenvalue weighted by atomic mass is 10.1. The highest BCUT2D eigenvalue weighted by Gasteiger charge is 2.19. The van der Waals surface area contributed by atoms with Gasteiger partial charge in [0.1, 0.15) is 0 Å². The number of hydrogen-bond donors (Lipinski definition) is 1. The molecule has 1 heterocycles. The first-order valence-corrected chi connectivity index (χ1v) is 7.35. The molecule has 2 rings (SSSR count). The molecule has 0 aliphatic carbocycles. The molecule has 0 spiro atoms. The number of halogens is 1. The molecule has 0 aliphatic heterocycles. The normalized spacial score (nSPS) is 12.9. The van der Waals surface area contributed by atoms with Gasteiger partial charge in [-0.2, -0.15) is 0 Å². The van der Waals surface area contributed by atoms with Crippen LogP contribution in [-0.4, -0.2) is 19.9 Å². The predicted molar refractivity (Wildman–Crippen MR) is 84.3 cm³/mol. The molecule has 108 valence electrons. The first-order valence-electron chi connectivity index (χ1n) is 6.43. The van der Waals surface area contributed by atoms with Gasteiger partial charge in [0.2, 0.25) is 5.91 Å².